The maximum absolute atomic E-state index is 12.3. The van der Waals surface area contributed by atoms with Gasteiger partial charge in [0.2, 0.25) is 5.91 Å². The number of rotatable bonds is 5. The van der Waals surface area contributed by atoms with Gasteiger partial charge in [0.05, 0.1) is 18.1 Å². The van der Waals surface area contributed by atoms with E-state index in [0.717, 1.165) is 35.7 Å². The Morgan fingerprint density at radius 3 is 2.71 bits per heavy atom. The number of aryl methyl sites for hydroxylation is 2. The van der Waals surface area contributed by atoms with Crippen LogP contribution in [0.1, 0.15) is 24.8 Å². The maximum Gasteiger partial charge on any atom is 0.247 e. The van der Waals surface area contributed by atoms with Crippen LogP contribution in [0.4, 0.5) is 11.6 Å². The van der Waals surface area contributed by atoms with Crippen LogP contribution in [-0.4, -0.2) is 48.5 Å². The Morgan fingerprint density at radius 2 is 1.96 bits per heavy atom. The smallest absolute Gasteiger partial charge is 0.247 e. The number of anilines is 2. The Balaban J connectivity index is 1.45. The fraction of sp³-hybridized carbons (Fsp3) is 0.421. The van der Waals surface area contributed by atoms with Gasteiger partial charge in [-0.25, -0.2) is 9.97 Å². The summed E-state index contributed by atoms with van der Waals surface area (Å²) in [5.74, 6) is 1.49. The highest BCUT2D eigenvalue weighted by molar-refractivity contribution is 5.90. The van der Waals surface area contributed by atoms with Gasteiger partial charge in [-0.2, -0.15) is 10.2 Å². The summed E-state index contributed by atoms with van der Waals surface area (Å²) in [5, 5.41) is 11.3. The number of piperidine rings is 1. The maximum atomic E-state index is 12.3. The monoisotopic (exact) mass is 380 g/mol. The molecule has 0 aromatic carbocycles. The van der Waals surface area contributed by atoms with Crippen LogP contribution in [0.5, 0.6) is 0 Å². The third kappa shape index (κ3) is 3.88. The summed E-state index contributed by atoms with van der Waals surface area (Å²) in [6.45, 7) is 4.09. The average Bonchev–Trinajstić information content (AvgIpc) is 3.31. The van der Waals surface area contributed by atoms with Gasteiger partial charge in [0.25, 0.3) is 0 Å². The molecule has 0 unspecified atom stereocenters. The molecule has 0 spiro atoms. The first-order chi connectivity index (χ1) is 13.6. The van der Waals surface area contributed by atoms with E-state index < -0.39 is 0 Å². The molecule has 0 bridgehead atoms. The van der Waals surface area contributed by atoms with E-state index >= 15 is 0 Å². The van der Waals surface area contributed by atoms with Crippen molar-refractivity contribution in [2.75, 3.05) is 23.3 Å². The summed E-state index contributed by atoms with van der Waals surface area (Å²) >= 11 is 0. The largest absolute Gasteiger partial charge is 0.357 e. The molecular weight excluding hydrogens is 356 g/mol. The Morgan fingerprint density at radius 1 is 1.14 bits per heavy atom. The Labute approximate surface area is 163 Å². The van der Waals surface area contributed by atoms with Crippen molar-refractivity contribution in [2.24, 2.45) is 7.05 Å². The summed E-state index contributed by atoms with van der Waals surface area (Å²) in [4.78, 5) is 23.4. The number of carbonyl (C=O) groups is 1. The van der Waals surface area contributed by atoms with E-state index in [4.69, 9.17) is 0 Å². The van der Waals surface area contributed by atoms with Gasteiger partial charge < -0.3 is 10.2 Å². The molecular formula is C19H24N8O. The van der Waals surface area contributed by atoms with Gasteiger partial charge >= 0.3 is 0 Å². The highest BCUT2D eigenvalue weighted by Gasteiger charge is 2.15. The lowest BCUT2D eigenvalue weighted by Crippen LogP contribution is -2.30. The van der Waals surface area contributed by atoms with E-state index in [1.54, 1.807) is 35.1 Å². The molecule has 1 N–H and O–H groups in total. The fourth-order valence-corrected chi connectivity index (χ4v) is 3.43. The normalized spacial score (nSPS) is 14.3. The van der Waals surface area contributed by atoms with Crippen LogP contribution in [-0.2, 0) is 18.4 Å². The van der Waals surface area contributed by atoms with Crippen molar-refractivity contribution < 1.29 is 4.79 Å². The molecule has 4 heterocycles. The van der Waals surface area contributed by atoms with Crippen molar-refractivity contribution >= 4 is 17.5 Å². The summed E-state index contributed by atoms with van der Waals surface area (Å²) in [6.07, 6.45) is 10.5. The summed E-state index contributed by atoms with van der Waals surface area (Å²) in [7, 11) is 1.80. The van der Waals surface area contributed by atoms with Gasteiger partial charge in [-0.15, -0.1) is 0 Å². The first kappa shape index (κ1) is 18.1. The minimum atomic E-state index is -0.155. The lowest BCUT2D eigenvalue weighted by Gasteiger charge is -2.27. The zero-order valence-electron chi connectivity index (χ0n) is 16.2. The topological polar surface area (TPSA) is 93.8 Å². The van der Waals surface area contributed by atoms with Crippen LogP contribution in [0.25, 0.3) is 11.3 Å². The second-order valence-electron chi connectivity index (χ2n) is 7.08. The molecule has 0 radical (unpaired) electrons. The molecule has 1 saturated heterocycles. The van der Waals surface area contributed by atoms with E-state index in [0.29, 0.717) is 5.82 Å². The predicted octanol–water partition coefficient (Wildman–Crippen LogP) is 2.01. The van der Waals surface area contributed by atoms with Crippen LogP contribution < -0.4 is 10.2 Å². The molecule has 3 aromatic heterocycles. The van der Waals surface area contributed by atoms with Crippen molar-refractivity contribution in [1.29, 1.82) is 0 Å². The number of hydrogen-bond acceptors (Lipinski definition) is 6. The van der Waals surface area contributed by atoms with Crippen molar-refractivity contribution in [1.82, 2.24) is 29.5 Å². The molecule has 146 valence electrons. The van der Waals surface area contributed by atoms with Crippen molar-refractivity contribution in [3.8, 4) is 11.3 Å². The van der Waals surface area contributed by atoms with E-state index in [1.165, 1.54) is 19.3 Å². The molecule has 4 rings (SSSR count). The lowest BCUT2D eigenvalue weighted by molar-refractivity contribution is -0.117. The van der Waals surface area contributed by atoms with Gasteiger partial charge in [-0.1, -0.05) is 0 Å². The first-order valence-corrected chi connectivity index (χ1v) is 9.48. The minimum Gasteiger partial charge on any atom is -0.357 e. The standard InChI is InChI=1S/C19H24N8O/c1-14-9-22-25(2)19(14)24-18(28)12-27-11-15(10-23-27)16-8-17(21-13-20-16)26-6-4-3-5-7-26/h8-11,13H,3-7,12H2,1-2H3,(H,24,28). The molecule has 3 aromatic rings. The molecule has 1 aliphatic heterocycles. The number of amides is 1. The molecule has 1 aliphatic rings. The third-order valence-electron chi connectivity index (χ3n) is 4.95. The molecule has 0 saturated carbocycles. The molecule has 9 heteroatoms. The fourth-order valence-electron chi connectivity index (χ4n) is 3.43. The number of nitrogens with zero attached hydrogens (tertiary/aromatic N) is 7. The lowest BCUT2D eigenvalue weighted by atomic mass is 10.1. The van der Waals surface area contributed by atoms with Gasteiger partial charge in [-0.05, 0) is 26.2 Å². The summed E-state index contributed by atoms with van der Waals surface area (Å²) in [6, 6.07) is 1.99. The van der Waals surface area contributed by atoms with E-state index in [9.17, 15) is 4.79 Å². The molecule has 28 heavy (non-hydrogen) atoms. The quantitative estimate of drug-likeness (QED) is 0.728. The highest BCUT2D eigenvalue weighted by Crippen LogP contribution is 2.22. The first-order valence-electron chi connectivity index (χ1n) is 9.48. The minimum absolute atomic E-state index is 0.120. The number of hydrogen-bond donors (Lipinski definition) is 1. The second kappa shape index (κ2) is 7.79. The number of carbonyl (C=O) groups excluding carboxylic acids is 1. The van der Waals surface area contributed by atoms with Crippen molar-refractivity contribution in [3.05, 3.63) is 36.5 Å². The van der Waals surface area contributed by atoms with Crippen molar-refractivity contribution in [2.45, 2.75) is 32.7 Å². The van der Waals surface area contributed by atoms with Crippen LogP contribution in [0, 0.1) is 6.92 Å². The van der Waals surface area contributed by atoms with E-state index in [1.807, 2.05) is 19.2 Å². The zero-order valence-corrected chi connectivity index (χ0v) is 16.2. The Kier molecular flexibility index (Phi) is 5.05. The second-order valence-corrected chi connectivity index (χ2v) is 7.08. The van der Waals surface area contributed by atoms with Crippen LogP contribution in [0.15, 0.2) is 31.0 Å². The molecule has 1 fully saturated rings. The van der Waals surface area contributed by atoms with Gasteiger partial charge in [0, 0.05) is 43.5 Å². The third-order valence-corrected chi connectivity index (χ3v) is 4.95. The van der Waals surface area contributed by atoms with Crippen LogP contribution >= 0.6 is 0 Å². The van der Waals surface area contributed by atoms with Crippen LogP contribution in [0.3, 0.4) is 0 Å². The number of nitrogens with one attached hydrogen (secondary N) is 1. The summed E-state index contributed by atoms with van der Waals surface area (Å²) in [5.41, 5.74) is 2.60. The molecule has 9 nitrogen and oxygen atoms in total. The van der Waals surface area contributed by atoms with E-state index in [2.05, 4.69) is 30.4 Å². The van der Waals surface area contributed by atoms with Crippen molar-refractivity contribution in [3.63, 3.8) is 0 Å². The Hall–Kier alpha value is -3.23. The van der Waals surface area contributed by atoms with Gasteiger partial charge in [0.1, 0.15) is 24.5 Å². The van der Waals surface area contributed by atoms with E-state index in [-0.39, 0.29) is 12.5 Å². The molecule has 0 aliphatic carbocycles. The Bertz CT molecular complexity index is 950. The predicted molar refractivity (Wildman–Crippen MR) is 106 cm³/mol. The van der Waals surface area contributed by atoms with Crippen LogP contribution in [0.2, 0.25) is 0 Å². The number of aromatic nitrogens is 6. The summed E-state index contributed by atoms with van der Waals surface area (Å²) < 4.78 is 3.25. The molecule has 1 amide bonds. The SMILES string of the molecule is Cc1cnn(C)c1NC(=O)Cn1cc(-c2cc(N3CCCCC3)ncn2)cn1. The molecule has 0 atom stereocenters. The zero-order chi connectivity index (χ0) is 19.5. The highest BCUT2D eigenvalue weighted by atomic mass is 16.2. The van der Waals surface area contributed by atoms with Gasteiger partial charge in [-0.3, -0.25) is 14.2 Å². The average molecular weight is 380 g/mol. The van der Waals surface area contributed by atoms with Gasteiger partial charge in [0.15, 0.2) is 0 Å².